The van der Waals surface area contributed by atoms with Crippen LogP contribution in [0.3, 0.4) is 0 Å². The monoisotopic (exact) mass is 472 g/mol. The molecule has 0 amide bonds. The molecule has 1 unspecified atom stereocenters. The van der Waals surface area contributed by atoms with E-state index in [0.29, 0.717) is 58.5 Å². The number of allylic oxidation sites excluding steroid dienone is 3. The van der Waals surface area contributed by atoms with Crippen molar-refractivity contribution < 1.29 is 14.3 Å². The number of aryl methyl sites for hydroxylation is 1. The maximum absolute atomic E-state index is 13.1. The Labute approximate surface area is 201 Å². The summed E-state index contributed by atoms with van der Waals surface area (Å²) in [7, 11) is 0. The van der Waals surface area contributed by atoms with Crippen molar-refractivity contribution in [1.82, 2.24) is 9.78 Å². The molecule has 1 atom stereocenters. The molecule has 1 aliphatic carbocycles. The van der Waals surface area contributed by atoms with Crippen molar-refractivity contribution in [2.24, 2.45) is 5.73 Å². The Morgan fingerprint density at radius 3 is 2.62 bits per heavy atom. The zero-order chi connectivity index (χ0) is 23.8. The van der Waals surface area contributed by atoms with Gasteiger partial charge in [0.25, 0.3) is 0 Å². The number of nitrogens with two attached hydrogens (primary N) is 1. The molecule has 2 aliphatic rings. The van der Waals surface area contributed by atoms with Crippen LogP contribution in [0.1, 0.15) is 36.4 Å². The molecule has 170 valence electrons. The normalized spacial score (nSPS) is 17.8. The van der Waals surface area contributed by atoms with Crippen LogP contribution in [-0.2, 0) is 9.53 Å². The van der Waals surface area contributed by atoms with Gasteiger partial charge in [0, 0.05) is 23.4 Å². The molecule has 2 aromatic carbocycles. The molecule has 0 bridgehead atoms. The average molecular weight is 473 g/mol. The third-order valence-electron chi connectivity index (χ3n) is 5.99. The number of halogens is 1. The van der Waals surface area contributed by atoms with Crippen LogP contribution in [0.2, 0.25) is 5.02 Å². The minimum absolute atomic E-state index is 0.00486. The molecular weight excluding hydrogens is 452 g/mol. The van der Waals surface area contributed by atoms with E-state index in [-0.39, 0.29) is 17.2 Å². The van der Waals surface area contributed by atoms with Crippen LogP contribution in [0.4, 0.5) is 0 Å². The van der Waals surface area contributed by atoms with E-state index in [1.54, 1.807) is 28.9 Å². The van der Waals surface area contributed by atoms with E-state index in [1.165, 1.54) is 0 Å². The van der Waals surface area contributed by atoms with Crippen LogP contribution >= 0.6 is 11.6 Å². The molecular formula is C26H21ClN4O3. The average Bonchev–Trinajstić information content (AvgIpc) is 3.15. The lowest BCUT2D eigenvalue weighted by Crippen LogP contribution is -2.27. The van der Waals surface area contributed by atoms with Gasteiger partial charge < -0.3 is 15.2 Å². The predicted molar refractivity (Wildman–Crippen MR) is 126 cm³/mol. The topological polar surface area (TPSA) is 103 Å². The van der Waals surface area contributed by atoms with Gasteiger partial charge in [-0.1, -0.05) is 29.8 Å². The molecule has 0 saturated carbocycles. The lowest BCUT2D eigenvalue weighted by Gasteiger charge is -2.31. The van der Waals surface area contributed by atoms with Gasteiger partial charge >= 0.3 is 0 Å². The largest absolute Gasteiger partial charge is 0.444 e. The highest BCUT2D eigenvalue weighted by molar-refractivity contribution is 6.30. The maximum Gasteiger partial charge on any atom is 0.227 e. The molecule has 3 aromatic rings. The van der Waals surface area contributed by atoms with Crippen molar-refractivity contribution in [3.63, 3.8) is 0 Å². The molecule has 2 N–H and O–H groups in total. The van der Waals surface area contributed by atoms with Crippen LogP contribution in [0, 0.1) is 18.3 Å². The summed E-state index contributed by atoms with van der Waals surface area (Å²) in [5, 5.41) is 15.3. The Morgan fingerprint density at radius 2 is 1.91 bits per heavy atom. The van der Waals surface area contributed by atoms with Crippen molar-refractivity contribution in [3.05, 3.63) is 93.7 Å². The standard InChI is InChI=1S/C26H21ClN4O3/c1-15-22(23-19(14-28)25(29)34-21-9-5-8-20(32)24(21)23)26(33-18-12-10-16(27)11-13-18)31(30-15)17-6-3-2-4-7-17/h2-4,6-7,10-13,23H,5,8-9,29H2,1H3. The van der Waals surface area contributed by atoms with Crippen molar-refractivity contribution >= 4 is 17.4 Å². The van der Waals surface area contributed by atoms with Crippen LogP contribution in [0.25, 0.3) is 5.69 Å². The highest BCUT2D eigenvalue weighted by atomic mass is 35.5. The van der Waals surface area contributed by atoms with E-state index >= 15 is 0 Å². The van der Waals surface area contributed by atoms with Crippen LogP contribution in [0.5, 0.6) is 11.6 Å². The smallest absolute Gasteiger partial charge is 0.227 e. The quantitative estimate of drug-likeness (QED) is 0.542. The van der Waals surface area contributed by atoms with Gasteiger partial charge in [0.05, 0.1) is 22.9 Å². The van der Waals surface area contributed by atoms with E-state index < -0.39 is 5.92 Å². The second-order valence-electron chi connectivity index (χ2n) is 8.15. The third kappa shape index (κ3) is 3.72. The van der Waals surface area contributed by atoms with Gasteiger partial charge in [-0.3, -0.25) is 4.79 Å². The number of ether oxygens (including phenoxy) is 2. The van der Waals surface area contributed by atoms with Gasteiger partial charge in [-0.15, -0.1) is 0 Å². The minimum atomic E-state index is -0.735. The number of hydrogen-bond donors (Lipinski definition) is 1. The Kier molecular flexibility index (Phi) is 5.60. The summed E-state index contributed by atoms with van der Waals surface area (Å²) in [5.74, 6) is 0.655. The van der Waals surface area contributed by atoms with Crippen LogP contribution in [-0.4, -0.2) is 15.6 Å². The van der Waals surface area contributed by atoms with Crippen molar-refractivity contribution in [3.8, 4) is 23.4 Å². The number of para-hydroxylation sites is 1. The molecule has 7 nitrogen and oxygen atoms in total. The number of carbonyl (C=O) groups is 1. The SMILES string of the molecule is Cc1nn(-c2ccccc2)c(Oc2ccc(Cl)cc2)c1C1C(C#N)=C(N)OC2=C1C(=O)CCC2. The van der Waals surface area contributed by atoms with Crippen LogP contribution in [0.15, 0.2) is 77.4 Å². The first kappa shape index (κ1) is 21.8. The summed E-state index contributed by atoms with van der Waals surface area (Å²) in [5.41, 5.74) is 8.78. The zero-order valence-corrected chi connectivity index (χ0v) is 19.2. The summed E-state index contributed by atoms with van der Waals surface area (Å²) in [6, 6.07) is 18.6. The fraction of sp³-hybridized carbons (Fsp3) is 0.192. The molecule has 5 rings (SSSR count). The van der Waals surface area contributed by atoms with Gasteiger partial charge in [-0.2, -0.15) is 10.4 Å². The number of ketones is 1. The first-order valence-corrected chi connectivity index (χ1v) is 11.3. The van der Waals surface area contributed by atoms with Gasteiger partial charge in [0.2, 0.25) is 11.8 Å². The molecule has 2 heterocycles. The summed E-state index contributed by atoms with van der Waals surface area (Å²) in [4.78, 5) is 13.1. The Bertz CT molecular complexity index is 1380. The van der Waals surface area contributed by atoms with E-state index in [0.717, 1.165) is 5.69 Å². The Balaban J connectivity index is 1.76. The molecule has 34 heavy (non-hydrogen) atoms. The first-order chi connectivity index (χ1) is 16.5. The molecule has 0 radical (unpaired) electrons. The highest BCUT2D eigenvalue weighted by Crippen LogP contribution is 2.48. The second-order valence-corrected chi connectivity index (χ2v) is 8.58. The molecule has 1 aliphatic heterocycles. The lowest BCUT2D eigenvalue weighted by molar-refractivity contribution is -0.116. The molecule has 8 heteroatoms. The second kappa shape index (κ2) is 8.73. The molecule has 0 spiro atoms. The first-order valence-electron chi connectivity index (χ1n) is 10.9. The Hall–Kier alpha value is -4.02. The molecule has 0 fully saturated rings. The number of aromatic nitrogens is 2. The summed E-state index contributed by atoms with van der Waals surface area (Å²) < 4.78 is 13.8. The minimum Gasteiger partial charge on any atom is -0.444 e. The van der Waals surface area contributed by atoms with Gasteiger partial charge in [-0.05, 0) is 49.7 Å². The van der Waals surface area contributed by atoms with E-state index in [2.05, 4.69) is 6.07 Å². The number of nitriles is 1. The van der Waals surface area contributed by atoms with E-state index in [4.69, 9.17) is 31.9 Å². The molecule has 1 aromatic heterocycles. The fourth-order valence-corrected chi connectivity index (χ4v) is 4.58. The van der Waals surface area contributed by atoms with E-state index in [9.17, 15) is 10.1 Å². The van der Waals surface area contributed by atoms with Crippen molar-refractivity contribution in [2.45, 2.75) is 32.1 Å². The number of benzene rings is 2. The number of rotatable bonds is 4. The van der Waals surface area contributed by atoms with Gasteiger partial charge in [0.15, 0.2) is 5.78 Å². The zero-order valence-electron chi connectivity index (χ0n) is 18.4. The third-order valence-corrected chi connectivity index (χ3v) is 6.24. The summed E-state index contributed by atoms with van der Waals surface area (Å²) in [6.45, 7) is 1.83. The number of carbonyl (C=O) groups excluding carboxylic acids is 1. The Morgan fingerprint density at radius 1 is 1.18 bits per heavy atom. The van der Waals surface area contributed by atoms with Crippen molar-refractivity contribution in [2.75, 3.05) is 0 Å². The molecule has 0 saturated heterocycles. The number of nitrogens with zero attached hydrogens (tertiary/aromatic N) is 3. The summed E-state index contributed by atoms with van der Waals surface area (Å²) >= 11 is 6.06. The number of hydrogen-bond acceptors (Lipinski definition) is 6. The fourth-order valence-electron chi connectivity index (χ4n) is 4.45. The van der Waals surface area contributed by atoms with Gasteiger partial charge in [-0.25, -0.2) is 4.68 Å². The number of Topliss-reactive ketones (excluding diaryl/α,β-unsaturated/α-hetero) is 1. The lowest BCUT2D eigenvalue weighted by atomic mass is 9.77. The van der Waals surface area contributed by atoms with Crippen LogP contribution < -0.4 is 10.5 Å². The predicted octanol–water partition coefficient (Wildman–Crippen LogP) is 5.44. The summed E-state index contributed by atoms with van der Waals surface area (Å²) in [6.07, 6.45) is 1.64. The van der Waals surface area contributed by atoms with Crippen molar-refractivity contribution in [1.29, 1.82) is 5.26 Å². The van der Waals surface area contributed by atoms with E-state index in [1.807, 2.05) is 37.3 Å². The highest BCUT2D eigenvalue weighted by Gasteiger charge is 2.42. The van der Waals surface area contributed by atoms with Gasteiger partial charge in [0.1, 0.15) is 23.2 Å². The maximum atomic E-state index is 13.1.